The molecule has 1 saturated heterocycles. The molecule has 18 heteroatoms. The molecule has 0 aromatic carbocycles. The molecule has 0 bridgehead atoms. The second kappa shape index (κ2) is 15.0. The number of halogens is 1. The number of imidazole rings is 1. The van der Waals surface area contributed by atoms with Crippen molar-refractivity contribution in [3.8, 4) is 0 Å². The van der Waals surface area contributed by atoms with Crippen LogP contribution in [0, 0.1) is 11.8 Å². The summed E-state index contributed by atoms with van der Waals surface area (Å²) in [4.78, 5) is 39.3. The van der Waals surface area contributed by atoms with E-state index in [-0.39, 0.29) is 24.7 Å². The van der Waals surface area contributed by atoms with Crippen molar-refractivity contribution in [2.45, 2.75) is 91.6 Å². The van der Waals surface area contributed by atoms with Crippen LogP contribution < -0.4 is 15.7 Å². The molecule has 0 spiro atoms. The summed E-state index contributed by atoms with van der Waals surface area (Å²) in [6.07, 6.45) is -1.43. The third-order valence-electron chi connectivity index (χ3n) is 6.40. The van der Waals surface area contributed by atoms with Crippen molar-refractivity contribution < 1.29 is 46.5 Å². The lowest BCUT2D eigenvalue weighted by Crippen LogP contribution is -2.40. The molecule has 0 aliphatic carbocycles. The summed E-state index contributed by atoms with van der Waals surface area (Å²) >= 11 is 0. The highest BCUT2D eigenvalue weighted by Gasteiger charge is 2.49. The number of ether oxygens (including phenoxy) is 4. The summed E-state index contributed by atoms with van der Waals surface area (Å²) in [5, 5.41) is 2.55. The second-order valence-electron chi connectivity index (χ2n) is 12.1. The number of carbonyl (C=O) groups is 2. The van der Waals surface area contributed by atoms with E-state index in [0.717, 1.165) is 0 Å². The monoisotopic (exact) mass is 661 g/mol. The molecule has 1 aliphatic heterocycles. The summed E-state index contributed by atoms with van der Waals surface area (Å²) in [5.74, 6) is -3.15. The fourth-order valence-corrected chi connectivity index (χ4v) is 6.01. The lowest BCUT2D eigenvalue weighted by atomic mass is 10.0. The van der Waals surface area contributed by atoms with Gasteiger partial charge in [-0.25, -0.2) is 23.8 Å². The maximum atomic E-state index is 16.2. The van der Waals surface area contributed by atoms with Crippen molar-refractivity contribution in [2.24, 2.45) is 11.8 Å². The van der Waals surface area contributed by atoms with Crippen LogP contribution >= 0.6 is 7.75 Å². The number of carbonyl (C=O) groups excluding carboxylic acids is 2. The van der Waals surface area contributed by atoms with Gasteiger partial charge in [-0.3, -0.25) is 18.4 Å². The van der Waals surface area contributed by atoms with Crippen LogP contribution in [0.15, 0.2) is 6.33 Å². The minimum atomic E-state index is -4.54. The molecule has 0 amide bonds. The van der Waals surface area contributed by atoms with Gasteiger partial charge in [0.1, 0.15) is 18.9 Å². The van der Waals surface area contributed by atoms with Crippen LogP contribution in [0.3, 0.4) is 0 Å². The summed E-state index contributed by atoms with van der Waals surface area (Å²) in [5.41, 5.74) is 6.71. The summed E-state index contributed by atoms with van der Waals surface area (Å²) in [7, 11) is -0.988. The minimum Gasteiger partial charge on any atom is -0.462 e. The number of nitrogen functional groups attached to an aromatic ring is 1. The number of rotatable bonds is 15. The van der Waals surface area contributed by atoms with Crippen molar-refractivity contribution in [3.63, 3.8) is 0 Å². The van der Waals surface area contributed by atoms with Gasteiger partial charge in [0, 0.05) is 26.4 Å². The molecule has 16 nitrogen and oxygen atoms in total. The number of fused-ring (bicyclic) bond motifs is 1. The Hall–Kier alpha value is -3.11. The van der Waals surface area contributed by atoms with Gasteiger partial charge in [-0.2, -0.15) is 9.97 Å². The molecule has 1 unspecified atom stereocenters. The van der Waals surface area contributed by atoms with Crippen LogP contribution in [0.25, 0.3) is 11.2 Å². The smallest absolute Gasteiger partial charge is 0.462 e. The van der Waals surface area contributed by atoms with E-state index < -0.39 is 69.5 Å². The average Bonchev–Trinajstić information content (AvgIpc) is 3.45. The zero-order valence-corrected chi connectivity index (χ0v) is 28.1. The van der Waals surface area contributed by atoms with Crippen LogP contribution in [0.1, 0.15) is 67.5 Å². The Bertz CT molecular complexity index is 1380. The van der Waals surface area contributed by atoms with E-state index in [0.29, 0.717) is 17.0 Å². The SMILES string of the molecule is CC(C)C[C@H](NP(=O)(OCOC(=O)OC(C)C)OC[C@]1(F)C[C@H](C)[C@H](n2cnc3c(N(C)C)nc(N)nc32)O1)C(=O)OC(C)C. The Kier molecular flexibility index (Phi) is 12.1. The molecule has 3 rings (SSSR count). The predicted molar refractivity (Wildman–Crippen MR) is 162 cm³/mol. The topological polar surface area (TPSA) is 191 Å². The standard InChI is InChI=1S/C27H45FN7O9P/c1-15(2)10-19(24(36)42-16(3)4)33-45(38,41-14-39-26(37)43-17(5)6)40-12-27(28)11-18(7)23(44-27)35-13-30-20-21(34(8)9)31-25(29)32-22(20)35/h13,15-19,23H,10-12,14H2,1-9H3,(H,33,38)(H2,29,31,32)/t18-,19-,23+,27-,45?/m0/s1. The van der Waals surface area contributed by atoms with Crippen molar-refractivity contribution in [2.75, 3.05) is 38.1 Å². The summed E-state index contributed by atoms with van der Waals surface area (Å²) in [6, 6.07) is -1.15. The van der Waals surface area contributed by atoms with Gasteiger partial charge in [0.05, 0.1) is 18.5 Å². The van der Waals surface area contributed by atoms with Gasteiger partial charge in [-0.05, 0) is 40.0 Å². The fraction of sp³-hybridized carbons (Fsp3) is 0.741. The van der Waals surface area contributed by atoms with Crippen molar-refractivity contribution in [1.29, 1.82) is 0 Å². The first-order valence-corrected chi connectivity index (χ1v) is 16.2. The molecule has 3 N–H and O–H groups in total. The van der Waals surface area contributed by atoms with E-state index in [4.69, 9.17) is 33.7 Å². The molecule has 5 atom stereocenters. The van der Waals surface area contributed by atoms with E-state index in [1.54, 1.807) is 58.2 Å². The Balaban J connectivity index is 1.82. The van der Waals surface area contributed by atoms with Gasteiger partial charge in [0.2, 0.25) is 18.6 Å². The molecule has 0 saturated carbocycles. The first-order valence-electron chi connectivity index (χ1n) is 14.7. The zero-order chi connectivity index (χ0) is 33.7. The summed E-state index contributed by atoms with van der Waals surface area (Å²) in [6.45, 7) is 10.3. The molecule has 1 aliphatic rings. The van der Waals surface area contributed by atoms with Gasteiger partial charge in [-0.15, -0.1) is 0 Å². The highest BCUT2D eigenvalue weighted by molar-refractivity contribution is 7.51. The summed E-state index contributed by atoms with van der Waals surface area (Å²) < 4.78 is 63.4. The van der Waals surface area contributed by atoms with Crippen LogP contribution in [-0.2, 0) is 37.4 Å². The molecule has 45 heavy (non-hydrogen) atoms. The maximum absolute atomic E-state index is 16.2. The number of alkyl halides is 1. The molecular formula is C27H45FN7O9P. The highest BCUT2D eigenvalue weighted by atomic mass is 31.2. The van der Waals surface area contributed by atoms with E-state index in [1.807, 2.05) is 13.8 Å². The van der Waals surface area contributed by atoms with Gasteiger partial charge in [-0.1, -0.05) is 20.8 Å². The number of nitrogens with one attached hydrogen (secondary N) is 1. The lowest BCUT2D eigenvalue weighted by Gasteiger charge is -2.28. The Morgan fingerprint density at radius 1 is 1.18 bits per heavy atom. The molecule has 2 aromatic rings. The van der Waals surface area contributed by atoms with Crippen LogP contribution in [0.5, 0.6) is 0 Å². The van der Waals surface area contributed by atoms with Gasteiger partial charge >= 0.3 is 19.9 Å². The number of anilines is 2. The minimum absolute atomic E-state index is 0.00375. The number of aromatic nitrogens is 4. The Labute approximate surface area is 262 Å². The molecule has 254 valence electrons. The van der Waals surface area contributed by atoms with E-state index in [1.165, 1.54) is 6.33 Å². The van der Waals surface area contributed by atoms with Crippen LogP contribution in [0.4, 0.5) is 21.0 Å². The van der Waals surface area contributed by atoms with E-state index in [9.17, 15) is 14.2 Å². The zero-order valence-electron chi connectivity index (χ0n) is 27.2. The second-order valence-corrected chi connectivity index (χ2v) is 13.8. The van der Waals surface area contributed by atoms with Crippen molar-refractivity contribution in [1.82, 2.24) is 24.6 Å². The van der Waals surface area contributed by atoms with Gasteiger partial charge in [0.25, 0.3) is 0 Å². The third-order valence-corrected chi connectivity index (χ3v) is 7.94. The number of nitrogens with two attached hydrogens (primary N) is 1. The maximum Gasteiger partial charge on any atom is 0.510 e. The normalized spacial score (nSPS) is 22.2. The van der Waals surface area contributed by atoms with E-state index in [2.05, 4.69) is 20.0 Å². The third kappa shape index (κ3) is 9.94. The van der Waals surface area contributed by atoms with Crippen molar-refractivity contribution in [3.05, 3.63) is 6.33 Å². The molecule has 3 heterocycles. The molecule has 0 radical (unpaired) electrons. The number of esters is 1. The van der Waals surface area contributed by atoms with E-state index >= 15 is 4.39 Å². The fourth-order valence-electron chi connectivity index (χ4n) is 4.64. The lowest BCUT2D eigenvalue weighted by molar-refractivity contribution is -0.174. The largest absolute Gasteiger partial charge is 0.510 e. The quantitative estimate of drug-likeness (QED) is 0.156. The molecule has 2 aromatic heterocycles. The highest BCUT2D eigenvalue weighted by Crippen LogP contribution is 2.49. The first kappa shape index (κ1) is 36.4. The molecular weight excluding hydrogens is 616 g/mol. The first-order chi connectivity index (χ1) is 20.9. The molecule has 1 fully saturated rings. The average molecular weight is 662 g/mol. The van der Waals surface area contributed by atoms with Crippen LogP contribution in [0.2, 0.25) is 0 Å². The number of nitrogens with zero attached hydrogens (tertiary/aromatic N) is 5. The van der Waals surface area contributed by atoms with Crippen LogP contribution in [-0.4, -0.2) is 83.2 Å². The van der Waals surface area contributed by atoms with Crippen molar-refractivity contribution >= 4 is 42.8 Å². The predicted octanol–water partition coefficient (Wildman–Crippen LogP) is 4.31. The number of hydrogen-bond acceptors (Lipinski definition) is 14. The Morgan fingerprint density at radius 2 is 1.84 bits per heavy atom. The van der Waals surface area contributed by atoms with Gasteiger partial charge < -0.3 is 29.6 Å². The Morgan fingerprint density at radius 3 is 2.44 bits per heavy atom. The number of hydrogen-bond donors (Lipinski definition) is 2. The van der Waals surface area contributed by atoms with Gasteiger partial charge in [0.15, 0.2) is 17.0 Å².